The first-order valence-electron chi connectivity index (χ1n) is 6.98. The largest absolute Gasteiger partial charge is 0.500 e. The zero-order chi connectivity index (χ0) is 16.3. The monoisotopic (exact) mass is 318 g/mol. The summed E-state index contributed by atoms with van der Waals surface area (Å²) in [5.41, 5.74) is 1.98. The van der Waals surface area contributed by atoms with Crippen LogP contribution in [0.5, 0.6) is 0 Å². The van der Waals surface area contributed by atoms with Crippen LogP contribution < -0.4 is 0 Å². The lowest BCUT2D eigenvalue weighted by atomic mass is 10.2. The molecule has 0 saturated carbocycles. The molecule has 124 valence electrons. The minimum absolute atomic E-state index is 0.134. The van der Waals surface area contributed by atoms with Crippen molar-refractivity contribution in [3.8, 4) is 0 Å². The summed E-state index contributed by atoms with van der Waals surface area (Å²) in [7, 11) is 2.19. The Morgan fingerprint density at radius 3 is 1.52 bits per heavy atom. The fourth-order valence-corrected chi connectivity index (χ4v) is 3.76. The third-order valence-corrected chi connectivity index (χ3v) is 5.82. The molecule has 6 heteroatoms. The topological polar surface area (TPSA) is 46.2 Å². The average molecular weight is 318 g/mol. The van der Waals surface area contributed by atoms with Gasteiger partial charge in [0, 0.05) is 33.3 Å². The van der Waals surface area contributed by atoms with Crippen LogP contribution in [0.15, 0.2) is 24.3 Å². The van der Waals surface area contributed by atoms with Gasteiger partial charge in [-0.25, -0.2) is 0 Å². The van der Waals surface area contributed by atoms with Gasteiger partial charge in [-0.1, -0.05) is 24.3 Å². The molecule has 0 radical (unpaired) electrons. The summed E-state index contributed by atoms with van der Waals surface area (Å²) in [6.45, 7) is 13.7. The Morgan fingerprint density at radius 2 is 1.24 bits per heavy atom. The molecule has 0 aliphatic rings. The van der Waals surface area contributed by atoms with E-state index in [9.17, 15) is 0 Å². The van der Waals surface area contributed by atoms with Crippen molar-refractivity contribution in [1.82, 2.24) is 0 Å². The minimum atomic E-state index is -2.64. The highest BCUT2D eigenvalue weighted by Crippen LogP contribution is 2.20. The van der Waals surface area contributed by atoms with E-state index in [4.69, 9.17) is 22.8 Å². The molecule has 0 aromatic rings. The summed E-state index contributed by atoms with van der Waals surface area (Å²) in [6, 6.07) is 0.642. The normalized spacial score (nSPS) is 11.9. The van der Waals surface area contributed by atoms with E-state index in [1.54, 1.807) is 21.3 Å². The van der Waals surface area contributed by atoms with Crippen LogP contribution in [-0.2, 0) is 22.8 Å². The van der Waals surface area contributed by atoms with Gasteiger partial charge in [0.25, 0.3) is 0 Å². The molecule has 0 unspecified atom stereocenters. The Balaban J connectivity index is 4.53. The van der Waals surface area contributed by atoms with Crippen molar-refractivity contribution in [3.05, 3.63) is 24.3 Å². The number of hydrogen-bond donors (Lipinski definition) is 0. The predicted octanol–water partition coefficient (Wildman–Crippen LogP) is 2.67. The molecule has 0 fully saturated rings. The van der Waals surface area contributed by atoms with Gasteiger partial charge in [0.2, 0.25) is 0 Å². The third-order valence-electron chi connectivity index (χ3n) is 2.88. The van der Waals surface area contributed by atoms with Gasteiger partial charge >= 0.3 is 8.80 Å². The Kier molecular flexibility index (Phi) is 10.8. The number of hydrogen-bond acceptors (Lipinski definition) is 5. The van der Waals surface area contributed by atoms with E-state index in [-0.39, 0.29) is 5.92 Å². The quantitative estimate of drug-likeness (QED) is 0.386. The highest BCUT2D eigenvalue weighted by atomic mass is 28.4. The lowest BCUT2D eigenvalue weighted by molar-refractivity contribution is 0.0464. The second-order valence-corrected chi connectivity index (χ2v) is 8.31. The van der Waals surface area contributed by atoms with Crippen molar-refractivity contribution in [3.63, 3.8) is 0 Å². The van der Waals surface area contributed by atoms with Gasteiger partial charge in [0.05, 0.1) is 26.4 Å². The highest BCUT2D eigenvalue weighted by Gasteiger charge is 2.40. The molecule has 0 aliphatic carbocycles. The first-order chi connectivity index (χ1) is 9.89. The van der Waals surface area contributed by atoms with E-state index in [0.29, 0.717) is 32.5 Å². The summed E-state index contributed by atoms with van der Waals surface area (Å²) >= 11 is 0. The summed E-state index contributed by atoms with van der Waals surface area (Å²) in [5.74, 6) is 0.134. The smallest absolute Gasteiger partial charge is 0.377 e. The van der Waals surface area contributed by atoms with Crippen molar-refractivity contribution >= 4 is 8.80 Å². The van der Waals surface area contributed by atoms with E-state index in [0.717, 1.165) is 11.1 Å². The molecule has 0 spiro atoms. The molecule has 0 aliphatic heterocycles. The van der Waals surface area contributed by atoms with Gasteiger partial charge in [0.1, 0.15) is 0 Å². The second kappa shape index (κ2) is 11.1. The maximum atomic E-state index is 5.65. The van der Waals surface area contributed by atoms with Crippen LogP contribution in [0.3, 0.4) is 0 Å². The molecule has 0 aromatic heterocycles. The number of rotatable bonds is 13. The molecule has 0 saturated heterocycles. The fraction of sp³-hybridized carbons (Fsp3) is 0.733. The van der Waals surface area contributed by atoms with Crippen LogP contribution >= 0.6 is 0 Å². The highest BCUT2D eigenvalue weighted by molar-refractivity contribution is 6.60. The molecule has 0 rings (SSSR count). The first-order valence-corrected chi connectivity index (χ1v) is 8.92. The maximum absolute atomic E-state index is 5.65. The second-order valence-electron chi connectivity index (χ2n) is 5.31. The molecule has 0 bridgehead atoms. The van der Waals surface area contributed by atoms with Crippen molar-refractivity contribution in [2.24, 2.45) is 5.92 Å². The van der Waals surface area contributed by atoms with E-state index in [1.807, 2.05) is 13.8 Å². The molecule has 0 heterocycles. The molecule has 21 heavy (non-hydrogen) atoms. The Morgan fingerprint density at radius 1 is 0.857 bits per heavy atom. The molecule has 0 amide bonds. The Bertz CT molecular complexity index is 287. The molecule has 5 nitrogen and oxygen atoms in total. The van der Waals surface area contributed by atoms with E-state index < -0.39 is 8.80 Å². The summed E-state index contributed by atoms with van der Waals surface area (Å²) < 4.78 is 27.7. The third kappa shape index (κ3) is 9.18. The van der Waals surface area contributed by atoms with Crippen LogP contribution in [0.2, 0.25) is 6.04 Å². The van der Waals surface area contributed by atoms with Crippen LogP contribution in [0, 0.1) is 5.92 Å². The van der Waals surface area contributed by atoms with Crippen molar-refractivity contribution in [1.29, 1.82) is 0 Å². The maximum Gasteiger partial charge on any atom is 0.500 e. The van der Waals surface area contributed by atoms with Crippen LogP contribution in [0.4, 0.5) is 0 Å². The van der Waals surface area contributed by atoms with Crippen LogP contribution in [0.1, 0.15) is 13.8 Å². The minimum Gasteiger partial charge on any atom is -0.377 e. The molecular formula is C15H30O5Si. The Labute approximate surface area is 130 Å². The van der Waals surface area contributed by atoms with Gasteiger partial charge in [0.15, 0.2) is 0 Å². The standard InChI is InChI=1S/C15H30O5Si/c1-13(2)8-19-10-15(11-20-9-14(3)4)12-21(16-5,17-6)18-7/h15H,1,3,8-12H2,2,4-7H3. The lowest BCUT2D eigenvalue weighted by Gasteiger charge is -2.28. The van der Waals surface area contributed by atoms with Gasteiger partial charge < -0.3 is 22.8 Å². The van der Waals surface area contributed by atoms with Gasteiger partial charge in [-0.3, -0.25) is 0 Å². The van der Waals surface area contributed by atoms with Crippen LogP contribution in [-0.4, -0.2) is 56.6 Å². The molecule has 0 aromatic carbocycles. The van der Waals surface area contributed by atoms with E-state index in [1.165, 1.54) is 0 Å². The number of ether oxygens (including phenoxy) is 2. The molecule has 0 atom stereocenters. The Hall–Kier alpha value is -0.503. The van der Waals surface area contributed by atoms with Gasteiger partial charge in [-0.15, -0.1) is 0 Å². The molecular weight excluding hydrogens is 288 g/mol. The summed E-state index contributed by atoms with van der Waals surface area (Å²) in [6.07, 6.45) is 0. The summed E-state index contributed by atoms with van der Waals surface area (Å²) in [4.78, 5) is 0. The zero-order valence-corrected chi connectivity index (χ0v) is 15.1. The zero-order valence-electron chi connectivity index (χ0n) is 14.1. The predicted molar refractivity (Wildman–Crippen MR) is 86.3 cm³/mol. The van der Waals surface area contributed by atoms with E-state index >= 15 is 0 Å². The van der Waals surface area contributed by atoms with Gasteiger partial charge in [-0.2, -0.15) is 0 Å². The first kappa shape index (κ1) is 20.5. The van der Waals surface area contributed by atoms with Crippen molar-refractivity contribution in [2.45, 2.75) is 19.9 Å². The molecule has 0 N–H and O–H groups in total. The summed E-state index contributed by atoms with van der Waals surface area (Å²) in [5, 5.41) is 0. The van der Waals surface area contributed by atoms with Crippen LogP contribution in [0.25, 0.3) is 0 Å². The van der Waals surface area contributed by atoms with Crippen molar-refractivity contribution < 1.29 is 22.8 Å². The fourth-order valence-electron chi connectivity index (χ4n) is 1.82. The average Bonchev–Trinajstić information content (AvgIpc) is 2.43. The van der Waals surface area contributed by atoms with E-state index in [2.05, 4.69) is 13.2 Å². The van der Waals surface area contributed by atoms with Gasteiger partial charge in [-0.05, 0) is 13.8 Å². The SMILES string of the molecule is C=C(C)COCC(COCC(=C)C)C[Si](OC)(OC)OC. The lowest BCUT2D eigenvalue weighted by Crippen LogP contribution is -2.45. The van der Waals surface area contributed by atoms with Crippen molar-refractivity contribution in [2.75, 3.05) is 47.8 Å².